The molecular formula is C27H30F6N2O3S. The number of rotatable bonds is 8. The average Bonchev–Trinajstić information content (AvgIpc) is 3.32. The van der Waals surface area contributed by atoms with Crippen LogP contribution in [0, 0.1) is 5.82 Å². The number of aromatic carboxylic acids is 1. The minimum atomic E-state index is -4.80. The Morgan fingerprint density at radius 2 is 1.82 bits per heavy atom. The Hall–Kier alpha value is -2.60. The van der Waals surface area contributed by atoms with Crippen LogP contribution in [-0.2, 0) is 12.8 Å². The number of carboxylic acid groups (broad SMARTS) is 1. The van der Waals surface area contributed by atoms with Gasteiger partial charge in [0.1, 0.15) is 18.2 Å². The van der Waals surface area contributed by atoms with E-state index in [2.05, 4.69) is 0 Å². The predicted molar refractivity (Wildman–Crippen MR) is 136 cm³/mol. The quantitative estimate of drug-likeness (QED) is 0.258. The van der Waals surface area contributed by atoms with Crippen LogP contribution in [0.25, 0.3) is 0 Å². The van der Waals surface area contributed by atoms with Crippen LogP contribution >= 0.6 is 11.9 Å². The highest BCUT2D eigenvalue weighted by Gasteiger charge is 2.39. The van der Waals surface area contributed by atoms with Gasteiger partial charge < -0.3 is 14.7 Å². The lowest BCUT2D eigenvalue weighted by atomic mass is 10.0. The number of hydrogen-bond acceptors (Lipinski definition) is 5. The second-order valence-corrected chi connectivity index (χ2v) is 11.4. The fraction of sp³-hybridized carbons (Fsp3) is 0.519. The van der Waals surface area contributed by atoms with E-state index < -0.39 is 41.8 Å². The maximum absolute atomic E-state index is 14.3. The maximum Gasteiger partial charge on any atom is 0.420 e. The van der Waals surface area contributed by atoms with E-state index in [4.69, 9.17) is 4.74 Å². The van der Waals surface area contributed by atoms with Gasteiger partial charge in [-0.15, -0.1) is 0 Å². The number of carboxylic acids is 1. The topological polar surface area (TPSA) is 53.0 Å². The van der Waals surface area contributed by atoms with E-state index >= 15 is 0 Å². The molecular weight excluding hydrogens is 546 g/mol. The molecule has 1 atom stereocenters. The highest BCUT2D eigenvalue weighted by atomic mass is 32.2. The largest absolute Gasteiger partial charge is 0.488 e. The molecule has 0 spiro atoms. The molecule has 5 nitrogen and oxygen atoms in total. The van der Waals surface area contributed by atoms with Crippen LogP contribution in [0.2, 0.25) is 0 Å². The molecule has 0 bridgehead atoms. The number of anilines is 1. The third kappa shape index (κ3) is 7.13. The first-order valence-electron chi connectivity index (χ1n) is 12.7. The Kier molecular flexibility index (Phi) is 8.65. The SMILES string of the molecule is CN1Sc2cc(OCc3cc(F)ccc3C(=O)O)c(C(F)(F)F)cc2N(C2CCCC2)C[C@H]1CCC(C)(F)F. The van der Waals surface area contributed by atoms with Gasteiger partial charge in [-0.3, -0.25) is 0 Å². The Balaban J connectivity index is 1.73. The lowest BCUT2D eigenvalue weighted by Gasteiger charge is -2.35. The summed E-state index contributed by atoms with van der Waals surface area (Å²) in [5.41, 5.74) is -1.07. The van der Waals surface area contributed by atoms with Gasteiger partial charge in [0, 0.05) is 30.6 Å². The van der Waals surface area contributed by atoms with Gasteiger partial charge in [0.2, 0.25) is 5.92 Å². The summed E-state index contributed by atoms with van der Waals surface area (Å²) in [6.45, 7) is 0.566. The van der Waals surface area contributed by atoms with Crippen molar-refractivity contribution >= 4 is 23.6 Å². The van der Waals surface area contributed by atoms with E-state index in [0.717, 1.165) is 68.8 Å². The van der Waals surface area contributed by atoms with Crippen LogP contribution in [-0.4, -0.2) is 47.0 Å². The molecule has 1 fully saturated rings. The monoisotopic (exact) mass is 576 g/mol. The van der Waals surface area contributed by atoms with Crippen molar-refractivity contribution in [2.45, 2.75) is 81.1 Å². The molecule has 1 saturated carbocycles. The molecule has 0 aromatic heterocycles. The predicted octanol–water partition coefficient (Wildman–Crippen LogP) is 7.63. The minimum absolute atomic E-state index is 0.0150. The van der Waals surface area contributed by atoms with Crippen molar-refractivity contribution in [2.75, 3.05) is 18.5 Å². The zero-order valence-corrected chi connectivity index (χ0v) is 22.3. The Morgan fingerprint density at radius 1 is 1.13 bits per heavy atom. The van der Waals surface area contributed by atoms with Crippen LogP contribution in [0.5, 0.6) is 5.75 Å². The van der Waals surface area contributed by atoms with Gasteiger partial charge in [0.05, 0.1) is 21.7 Å². The van der Waals surface area contributed by atoms with E-state index in [0.29, 0.717) is 17.1 Å². The van der Waals surface area contributed by atoms with Gasteiger partial charge in [-0.25, -0.2) is 22.3 Å². The summed E-state index contributed by atoms with van der Waals surface area (Å²) < 4.78 is 91.3. The summed E-state index contributed by atoms with van der Waals surface area (Å²) >= 11 is 1.16. The third-order valence-corrected chi connectivity index (χ3v) is 8.31. The molecule has 4 rings (SSSR count). The van der Waals surface area contributed by atoms with E-state index in [1.165, 1.54) is 6.07 Å². The average molecular weight is 577 g/mol. The lowest BCUT2D eigenvalue weighted by Crippen LogP contribution is -2.43. The summed E-state index contributed by atoms with van der Waals surface area (Å²) in [5, 5.41) is 9.39. The number of benzene rings is 2. The second kappa shape index (κ2) is 11.5. The number of nitrogens with zero attached hydrogens (tertiary/aromatic N) is 2. The van der Waals surface area contributed by atoms with Gasteiger partial charge in [0.15, 0.2) is 0 Å². The molecule has 0 saturated heterocycles. The van der Waals surface area contributed by atoms with Crippen molar-refractivity contribution < 1.29 is 41.0 Å². The number of halogens is 6. The van der Waals surface area contributed by atoms with E-state index in [1.54, 1.807) is 11.4 Å². The number of hydrogen-bond donors (Lipinski definition) is 1. The Morgan fingerprint density at radius 3 is 2.44 bits per heavy atom. The number of ether oxygens (including phenoxy) is 1. The number of alkyl halides is 5. The summed E-state index contributed by atoms with van der Waals surface area (Å²) in [6, 6.07) is 4.84. The molecule has 0 radical (unpaired) electrons. The molecule has 2 aromatic carbocycles. The van der Waals surface area contributed by atoms with Crippen molar-refractivity contribution in [2.24, 2.45) is 0 Å². The van der Waals surface area contributed by atoms with Crippen molar-refractivity contribution in [3.63, 3.8) is 0 Å². The van der Waals surface area contributed by atoms with Crippen LogP contribution in [0.4, 0.5) is 32.0 Å². The zero-order chi connectivity index (χ0) is 28.5. The fourth-order valence-electron chi connectivity index (χ4n) is 5.16. The van der Waals surface area contributed by atoms with Crippen molar-refractivity contribution in [3.05, 3.63) is 52.8 Å². The van der Waals surface area contributed by atoms with Gasteiger partial charge in [-0.1, -0.05) is 12.8 Å². The fourth-order valence-corrected chi connectivity index (χ4v) is 6.22. The summed E-state index contributed by atoms with van der Waals surface area (Å²) in [7, 11) is 1.73. The first-order chi connectivity index (χ1) is 18.2. The summed E-state index contributed by atoms with van der Waals surface area (Å²) in [5.74, 6) is -5.49. The van der Waals surface area contributed by atoms with Crippen molar-refractivity contribution in [1.82, 2.24) is 4.31 Å². The third-order valence-electron chi connectivity index (χ3n) is 7.20. The van der Waals surface area contributed by atoms with Crippen LogP contribution < -0.4 is 9.64 Å². The van der Waals surface area contributed by atoms with E-state index in [-0.39, 0.29) is 36.1 Å². The van der Waals surface area contributed by atoms with Crippen LogP contribution in [0.3, 0.4) is 0 Å². The number of carbonyl (C=O) groups is 1. The standard InChI is InChI=1S/C27H30F6N2O3S/c1-26(29,30)10-9-19-14-35(18-5-3-4-6-18)22-12-21(27(31,32)33)23(13-24(22)39-34(19)2)38-15-16-11-17(28)7-8-20(16)25(36)37/h7-8,11-13,18-19H,3-6,9-10,14-15H2,1-2H3,(H,36,37)/t19-/m1/s1. The molecule has 39 heavy (non-hydrogen) atoms. The normalized spacial score (nSPS) is 19.2. The molecule has 2 aromatic rings. The smallest absolute Gasteiger partial charge is 0.420 e. The summed E-state index contributed by atoms with van der Waals surface area (Å²) in [4.78, 5) is 13.9. The first kappa shape index (κ1) is 29.4. The molecule has 1 heterocycles. The molecule has 214 valence electrons. The Bertz CT molecular complexity index is 1200. The van der Waals surface area contributed by atoms with Gasteiger partial charge in [-0.05, 0) is 75.5 Å². The highest BCUT2D eigenvalue weighted by Crippen LogP contribution is 2.47. The van der Waals surface area contributed by atoms with Crippen LogP contribution in [0.15, 0.2) is 35.2 Å². The van der Waals surface area contributed by atoms with Crippen molar-refractivity contribution in [1.29, 1.82) is 0 Å². The van der Waals surface area contributed by atoms with Crippen molar-refractivity contribution in [3.8, 4) is 5.75 Å². The minimum Gasteiger partial charge on any atom is -0.488 e. The van der Waals surface area contributed by atoms with E-state index in [1.807, 2.05) is 4.90 Å². The maximum atomic E-state index is 14.3. The highest BCUT2D eigenvalue weighted by molar-refractivity contribution is 7.97. The van der Waals surface area contributed by atoms with Gasteiger partial charge in [0.25, 0.3) is 0 Å². The Labute approximate surface area is 227 Å². The molecule has 2 aliphatic rings. The van der Waals surface area contributed by atoms with Gasteiger partial charge in [-0.2, -0.15) is 13.2 Å². The molecule has 12 heteroatoms. The summed E-state index contributed by atoms with van der Waals surface area (Å²) in [6.07, 6.45) is -1.52. The molecule has 1 aliphatic heterocycles. The van der Waals surface area contributed by atoms with E-state index in [9.17, 15) is 36.2 Å². The first-order valence-corrected chi connectivity index (χ1v) is 13.5. The number of fused-ring (bicyclic) bond motifs is 1. The van der Waals surface area contributed by atoms with Gasteiger partial charge >= 0.3 is 12.1 Å². The molecule has 1 aliphatic carbocycles. The zero-order valence-electron chi connectivity index (χ0n) is 21.5. The molecule has 1 N–H and O–H groups in total. The molecule has 0 unspecified atom stereocenters. The lowest BCUT2D eigenvalue weighted by molar-refractivity contribution is -0.139. The number of likely N-dealkylation sites (N-methyl/N-ethyl adjacent to an activating group) is 1. The second-order valence-electron chi connectivity index (χ2n) is 10.2. The molecule has 0 amide bonds. The van der Waals surface area contributed by atoms with Crippen LogP contribution in [0.1, 0.15) is 66.9 Å².